The molecule has 0 saturated carbocycles. The van der Waals surface area contributed by atoms with Gasteiger partial charge >= 0.3 is 0 Å². The van der Waals surface area contributed by atoms with Crippen molar-refractivity contribution in [1.82, 2.24) is 10.2 Å². The Morgan fingerprint density at radius 2 is 1.33 bits per heavy atom. The topological polar surface area (TPSA) is 73.5 Å². The molecule has 0 aliphatic carbocycles. The lowest BCUT2D eigenvalue weighted by molar-refractivity contribution is -0.116. The van der Waals surface area contributed by atoms with Crippen LogP contribution in [0.1, 0.15) is 75.2 Å². The number of halogens is 1. The molecule has 0 aliphatic rings. The van der Waals surface area contributed by atoms with Crippen molar-refractivity contribution >= 4 is 52.9 Å². The van der Waals surface area contributed by atoms with Gasteiger partial charge < -0.3 is 15.5 Å². The summed E-state index contributed by atoms with van der Waals surface area (Å²) in [6.45, 7) is 7.52. The standard InChI is InChI=1S/C28H40N4O2S.ClH/c1-28(2,3)22-14-12-21(13-15-22)26(34)31-27(35)30-24-18-16-23(17-19-24)29-25(33)11-9-7-6-8-10-20-32(4)5;/h12-19H,6-11,20H2,1-5H3,(H,29,33)(H2,30,31,34,35);1H. The third kappa shape index (κ3) is 12.0. The van der Waals surface area contributed by atoms with E-state index in [9.17, 15) is 9.59 Å². The molecule has 0 atom stereocenters. The van der Waals surface area contributed by atoms with Crippen molar-refractivity contribution in [3.05, 3.63) is 59.7 Å². The first-order valence-corrected chi connectivity index (χ1v) is 12.7. The SMILES string of the molecule is CN(C)CCCCCCCC(=O)Nc1ccc(NC(=S)NC(=O)c2ccc(C(C)(C)C)cc2)cc1.Cl. The predicted molar refractivity (Wildman–Crippen MR) is 157 cm³/mol. The zero-order valence-electron chi connectivity index (χ0n) is 22.1. The van der Waals surface area contributed by atoms with Crippen LogP contribution in [-0.2, 0) is 10.2 Å². The van der Waals surface area contributed by atoms with Gasteiger partial charge in [0.2, 0.25) is 5.91 Å². The van der Waals surface area contributed by atoms with Crippen LogP contribution in [-0.4, -0.2) is 42.5 Å². The molecule has 3 N–H and O–H groups in total. The molecule has 0 saturated heterocycles. The first-order valence-electron chi connectivity index (χ1n) is 12.3. The van der Waals surface area contributed by atoms with Gasteiger partial charge in [-0.25, -0.2) is 0 Å². The number of nitrogens with one attached hydrogen (secondary N) is 3. The van der Waals surface area contributed by atoms with Gasteiger partial charge in [0.05, 0.1) is 0 Å². The Morgan fingerprint density at radius 1 is 0.806 bits per heavy atom. The van der Waals surface area contributed by atoms with E-state index < -0.39 is 0 Å². The fourth-order valence-corrected chi connectivity index (χ4v) is 3.77. The number of hydrogen-bond donors (Lipinski definition) is 3. The number of unbranched alkanes of at least 4 members (excludes halogenated alkanes) is 4. The molecule has 2 amide bonds. The van der Waals surface area contributed by atoms with Gasteiger partial charge in [0, 0.05) is 23.4 Å². The molecular weight excluding hydrogens is 492 g/mol. The van der Waals surface area contributed by atoms with Crippen LogP contribution in [0.3, 0.4) is 0 Å². The highest BCUT2D eigenvalue weighted by Gasteiger charge is 2.15. The van der Waals surface area contributed by atoms with E-state index in [-0.39, 0.29) is 34.7 Å². The van der Waals surface area contributed by atoms with Crippen LogP contribution < -0.4 is 16.0 Å². The van der Waals surface area contributed by atoms with Crippen LogP contribution >= 0.6 is 24.6 Å². The van der Waals surface area contributed by atoms with Crippen molar-refractivity contribution in [2.24, 2.45) is 0 Å². The lowest BCUT2D eigenvalue weighted by Crippen LogP contribution is -2.34. The molecule has 36 heavy (non-hydrogen) atoms. The average molecular weight is 533 g/mol. The van der Waals surface area contributed by atoms with Gasteiger partial charge in [0.25, 0.3) is 5.91 Å². The molecule has 0 unspecified atom stereocenters. The summed E-state index contributed by atoms with van der Waals surface area (Å²) in [5, 5.41) is 8.87. The Labute approximate surface area is 228 Å². The van der Waals surface area contributed by atoms with Crippen molar-refractivity contribution < 1.29 is 9.59 Å². The van der Waals surface area contributed by atoms with Crippen molar-refractivity contribution in [3.63, 3.8) is 0 Å². The maximum Gasteiger partial charge on any atom is 0.257 e. The van der Waals surface area contributed by atoms with Crippen LogP contribution in [0.5, 0.6) is 0 Å². The van der Waals surface area contributed by atoms with Crippen molar-refractivity contribution in [3.8, 4) is 0 Å². The minimum Gasteiger partial charge on any atom is -0.332 e. The predicted octanol–water partition coefficient (Wildman–Crippen LogP) is 6.37. The quantitative estimate of drug-likeness (QED) is 0.231. The Kier molecular flexibility index (Phi) is 13.7. The van der Waals surface area contributed by atoms with Crippen LogP contribution in [0, 0.1) is 0 Å². The van der Waals surface area contributed by atoms with E-state index >= 15 is 0 Å². The largest absolute Gasteiger partial charge is 0.332 e. The van der Waals surface area contributed by atoms with Gasteiger partial charge in [-0.05, 0) is 93.1 Å². The normalized spacial score (nSPS) is 10.9. The highest BCUT2D eigenvalue weighted by Crippen LogP contribution is 2.22. The average Bonchev–Trinajstić information content (AvgIpc) is 2.79. The molecule has 0 radical (unpaired) electrons. The summed E-state index contributed by atoms with van der Waals surface area (Å²) < 4.78 is 0. The molecule has 8 heteroatoms. The second kappa shape index (κ2) is 15.6. The lowest BCUT2D eigenvalue weighted by Gasteiger charge is -2.19. The van der Waals surface area contributed by atoms with Crippen molar-refractivity contribution in [2.45, 2.75) is 64.7 Å². The van der Waals surface area contributed by atoms with Crippen LogP contribution in [0.15, 0.2) is 48.5 Å². The number of nitrogens with zero attached hydrogens (tertiary/aromatic N) is 1. The number of amides is 2. The number of hydrogen-bond acceptors (Lipinski definition) is 4. The summed E-state index contributed by atoms with van der Waals surface area (Å²) in [6.07, 6.45) is 6.09. The van der Waals surface area contributed by atoms with E-state index in [0.29, 0.717) is 12.0 Å². The molecule has 2 rings (SSSR count). The Balaban J connectivity index is 0.00000648. The number of anilines is 2. The summed E-state index contributed by atoms with van der Waals surface area (Å²) in [7, 11) is 4.18. The van der Waals surface area contributed by atoms with Crippen molar-refractivity contribution in [2.75, 3.05) is 31.3 Å². The Morgan fingerprint density at radius 3 is 1.89 bits per heavy atom. The molecule has 0 spiro atoms. The monoisotopic (exact) mass is 532 g/mol. The van der Waals surface area contributed by atoms with Gasteiger partial charge in [0.1, 0.15) is 0 Å². The highest BCUT2D eigenvalue weighted by molar-refractivity contribution is 7.80. The number of carbonyl (C=O) groups excluding carboxylic acids is 2. The van der Waals surface area contributed by atoms with E-state index in [4.69, 9.17) is 12.2 Å². The third-order valence-corrected chi connectivity index (χ3v) is 5.88. The first-order chi connectivity index (χ1) is 16.5. The number of carbonyl (C=O) groups is 2. The zero-order valence-corrected chi connectivity index (χ0v) is 23.8. The zero-order chi connectivity index (χ0) is 25.8. The van der Waals surface area contributed by atoms with Crippen LogP contribution in [0.4, 0.5) is 11.4 Å². The summed E-state index contributed by atoms with van der Waals surface area (Å²) in [5.41, 5.74) is 3.21. The Hall–Kier alpha value is -2.48. The van der Waals surface area contributed by atoms with Gasteiger partial charge in [0.15, 0.2) is 5.11 Å². The van der Waals surface area contributed by atoms with E-state index in [1.807, 2.05) is 36.4 Å². The smallest absolute Gasteiger partial charge is 0.257 e. The summed E-state index contributed by atoms with van der Waals surface area (Å²) in [5.74, 6) is -0.233. The van der Waals surface area contributed by atoms with Crippen LogP contribution in [0.2, 0.25) is 0 Å². The molecule has 6 nitrogen and oxygen atoms in total. The summed E-state index contributed by atoms with van der Waals surface area (Å²) >= 11 is 5.28. The fraction of sp³-hybridized carbons (Fsp3) is 0.464. The second-order valence-electron chi connectivity index (χ2n) is 10.2. The minimum absolute atomic E-state index is 0. The minimum atomic E-state index is -0.260. The van der Waals surface area contributed by atoms with Gasteiger partial charge in [-0.15, -0.1) is 12.4 Å². The molecule has 2 aromatic carbocycles. The first kappa shape index (κ1) is 31.5. The summed E-state index contributed by atoms with van der Waals surface area (Å²) in [4.78, 5) is 26.9. The van der Waals surface area contributed by atoms with Crippen molar-refractivity contribution in [1.29, 1.82) is 0 Å². The molecule has 2 aromatic rings. The van der Waals surface area contributed by atoms with E-state index in [0.717, 1.165) is 36.3 Å². The molecule has 0 bridgehead atoms. The molecule has 0 aromatic heterocycles. The fourth-order valence-electron chi connectivity index (χ4n) is 3.56. The lowest BCUT2D eigenvalue weighted by atomic mass is 9.87. The van der Waals surface area contributed by atoms with E-state index in [2.05, 4.69) is 55.7 Å². The highest BCUT2D eigenvalue weighted by atomic mass is 35.5. The maximum absolute atomic E-state index is 12.5. The molecule has 0 fully saturated rings. The molecular formula is C28H41ClN4O2S. The summed E-state index contributed by atoms with van der Waals surface area (Å²) in [6, 6.07) is 14.8. The van der Waals surface area contributed by atoms with E-state index in [1.165, 1.54) is 19.3 Å². The van der Waals surface area contributed by atoms with Gasteiger partial charge in [-0.1, -0.05) is 52.2 Å². The number of benzene rings is 2. The Bertz CT molecular complexity index is 971. The van der Waals surface area contributed by atoms with Gasteiger partial charge in [-0.2, -0.15) is 0 Å². The number of thiocarbonyl (C=S) groups is 1. The van der Waals surface area contributed by atoms with Crippen LogP contribution in [0.25, 0.3) is 0 Å². The van der Waals surface area contributed by atoms with E-state index in [1.54, 1.807) is 12.1 Å². The molecule has 0 heterocycles. The maximum atomic E-state index is 12.5. The molecule has 198 valence electrons. The van der Waals surface area contributed by atoms with Gasteiger partial charge in [-0.3, -0.25) is 14.9 Å². The third-order valence-electron chi connectivity index (χ3n) is 5.68. The number of rotatable bonds is 11. The second-order valence-corrected chi connectivity index (χ2v) is 10.6. The molecule has 0 aliphatic heterocycles.